The average Bonchev–Trinajstić information content (AvgIpc) is 2.43. The first-order valence-electron chi connectivity index (χ1n) is 7.41. The maximum absolute atomic E-state index is 12.7. The molecule has 0 spiro atoms. The van der Waals surface area contributed by atoms with Crippen LogP contribution in [0.2, 0.25) is 0 Å². The van der Waals surface area contributed by atoms with Crippen molar-refractivity contribution in [2.45, 2.75) is 46.3 Å². The van der Waals surface area contributed by atoms with Gasteiger partial charge in [0.25, 0.3) is 0 Å². The molecule has 1 aromatic heterocycles. The zero-order chi connectivity index (χ0) is 15.9. The molecule has 6 heteroatoms. The summed E-state index contributed by atoms with van der Waals surface area (Å²) in [4.78, 5) is 5.68. The fourth-order valence-electron chi connectivity index (χ4n) is 2.11. The van der Waals surface area contributed by atoms with Gasteiger partial charge in [-0.3, -0.25) is 0 Å². The van der Waals surface area contributed by atoms with Gasteiger partial charge in [-0.15, -0.1) is 0 Å². The Labute approximate surface area is 124 Å². The summed E-state index contributed by atoms with van der Waals surface area (Å²) in [6.45, 7) is 6.67. The predicted molar refractivity (Wildman–Crippen MR) is 79.6 cm³/mol. The third-order valence-electron chi connectivity index (χ3n) is 3.05. The van der Waals surface area contributed by atoms with Gasteiger partial charge >= 0.3 is 6.18 Å². The number of pyridine rings is 1. The second kappa shape index (κ2) is 8.22. The summed E-state index contributed by atoms with van der Waals surface area (Å²) in [5.74, 6) is 0.418. The molecule has 0 saturated carbocycles. The van der Waals surface area contributed by atoms with Crippen molar-refractivity contribution in [2.75, 3.05) is 24.5 Å². The number of rotatable bonds is 8. The molecule has 0 aliphatic rings. The number of halogens is 3. The predicted octanol–water partition coefficient (Wildman–Crippen LogP) is 3.53. The van der Waals surface area contributed by atoms with Gasteiger partial charge in [0.1, 0.15) is 12.4 Å². The van der Waals surface area contributed by atoms with E-state index >= 15 is 0 Å². The van der Waals surface area contributed by atoms with E-state index in [2.05, 4.69) is 10.3 Å². The van der Waals surface area contributed by atoms with Crippen molar-refractivity contribution in [3.8, 4) is 0 Å². The molecule has 21 heavy (non-hydrogen) atoms. The van der Waals surface area contributed by atoms with Gasteiger partial charge in [0.2, 0.25) is 0 Å². The molecule has 0 aliphatic heterocycles. The SMILES string of the molecule is CCCN(CC(F)(F)F)c1cc(CNCC)cc(CC)n1. The van der Waals surface area contributed by atoms with E-state index in [1.807, 2.05) is 26.8 Å². The molecule has 0 unspecified atom stereocenters. The Hall–Kier alpha value is -1.30. The molecule has 1 aromatic rings. The second-order valence-corrected chi connectivity index (χ2v) is 5.00. The van der Waals surface area contributed by atoms with E-state index in [1.165, 1.54) is 4.90 Å². The van der Waals surface area contributed by atoms with E-state index in [0.717, 1.165) is 17.8 Å². The third-order valence-corrected chi connectivity index (χ3v) is 3.05. The van der Waals surface area contributed by atoms with E-state index in [0.29, 0.717) is 31.7 Å². The van der Waals surface area contributed by atoms with Crippen LogP contribution < -0.4 is 10.2 Å². The van der Waals surface area contributed by atoms with Gasteiger partial charge in [-0.2, -0.15) is 13.2 Å². The number of hydrogen-bond donors (Lipinski definition) is 1. The molecular weight excluding hydrogens is 279 g/mol. The molecule has 0 aromatic carbocycles. The van der Waals surface area contributed by atoms with Gasteiger partial charge in [-0.05, 0) is 37.1 Å². The van der Waals surface area contributed by atoms with Crippen LogP contribution in [-0.2, 0) is 13.0 Å². The van der Waals surface area contributed by atoms with Crippen LogP contribution in [0.4, 0.5) is 19.0 Å². The van der Waals surface area contributed by atoms with Crippen LogP contribution in [0.15, 0.2) is 12.1 Å². The first-order chi connectivity index (χ1) is 9.89. The fraction of sp³-hybridized carbons (Fsp3) is 0.667. The lowest BCUT2D eigenvalue weighted by Crippen LogP contribution is -2.35. The molecule has 1 rings (SSSR count). The number of aromatic nitrogens is 1. The van der Waals surface area contributed by atoms with E-state index in [9.17, 15) is 13.2 Å². The van der Waals surface area contributed by atoms with Crippen molar-refractivity contribution >= 4 is 5.82 Å². The standard InChI is InChI=1S/C15H24F3N3/c1-4-7-21(11-15(16,17)18)14-9-12(10-19-6-3)8-13(5-2)20-14/h8-9,19H,4-7,10-11H2,1-3H3. The third kappa shape index (κ3) is 6.33. The van der Waals surface area contributed by atoms with Gasteiger partial charge in [-0.1, -0.05) is 20.8 Å². The molecule has 1 heterocycles. The minimum Gasteiger partial charge on any atom is -0.348 e. The van der Waals surface area contributed by atoms with E-state index in [1.54, 1.807) is 6.07 Å². The van der Waals surface area contributed by atoms with E-state index in [-0.39, 0.29) is 0 Å². The minimum atomic E-state index is -4.22. The monoisotopic (exact) mass is 303 g/mol. The summed E-state index contributed by atoms with van der Waals surface area (Å²) in [6.07, 6.45) is -2.86. The summed E-state index contributed by atoms with van der Waals surface area (Å²) in [6, 6.07) is 3.70. The average molecular weight is 303 g/mol. The highest BCUT2D eigenvalue weighted by atomic mass is 19.4. The van der Waals surface area contributed by atoms with E-state index in [4.69, 9.17) is 0 Å². The first-order valence-corrected chi connectivity index (χ1v) is 7.41. The summed E-state index contributed by atoms with van der Waals surface area (Å²) >= 11 is 0. The Kier molecular flexibility index (Phi) is 6.95. The number of aryl methyl sites for hydroxylation is 1. The highest BCUT2D eigenvalue weighted by molar-refractivity contribution is 5.43. The molecule has 0 amide bonds. The molecule has 0 bridgehead atoms. The summed E-state index contributed by atoms with van der Waals surface area (Å²) in [5, 5.41) is 3.19. The van der Waals surface area contributed by atoms with Gasteiger partial charge in [0, 0.05) is 18.8 Å². The first kappa shape index (κ1) is 17.8. The quantitative estimate of drug-likeness (QED) is 0.796. The van der Waals surface area contributed by atoms with Crippen molar-refractivity contribution in [1.29, 1.82) is 0 Å². The molecule has 0 radical (unpaired) electrons. The van der Waals surface area contributed by atoms with Gasteiger partial charge < -0.3 is 10.2 Å². The lowest BCUT2D eigenvalue weighted by atomic mass is 10.2. The Bertz CT molecular complexity index is 433. The van der Waals surface area contributed by atoms with Crippen LogP contribution in [0.25, 0.3) is 0 Å². The Morgan fingerprint density at radius 1 is 1.19 bits per heavy atom. The van der Waals surface area contributed by atoms with Crippen LogP contribution in [0.3, 0.4) is 0 Å². The van der Waals surface area contributed by atoms with Crippen molar-refractivity contribution in [1.82, 2.24) is 10.3 Å². The molecular formula is C15H24F3N3. The smallest absolute Gasteiger partial charge is 0.348 e. The van der Waals surface area contributed by atoms with Crippen LogP contribution in [-0.4, -0.2) is 30.8 Å². The Morgan fingerprint density at radius 3 is 2.43 bits per heavy atom. The zero-order valence-corrected chi connectivity index (χ0v) is 12.9. The lowest BCUT2D eigenvalue weighted by Gasteiger charge is -2.25. The van der Waals surface area contributed by atoms with E-state index < -0.39 is 12.7 Å². The second-order valence-electron chi connectivity index (χ2n) is 5.00. The fourth-order valence-corrected chi connectivity index (χ4v) is 2.11. The number of nitrogens with zero attached hydrogens (tertiary/aromatic N) is 2. The van der Waals surface area contributed by atoms with Crippen LogP contribution in [0, 0.1) is 0 Å². The molecule has 0 aliphatic carbocycles. The van der Waals surface area contributed by atoms with Crippen LogP contribution in [0.1, 0.15) is 38.4 Å². The molecule has 0 saturated heterocycles. The number of hydrogen-bond acceptors (Lipinski definition) is 3. The topological polar surface area (TPSA) is 28.2 Å². The summed E-state index contributed by atoms with van der Waals surface area (Å²) < 4.78 is 38.2. The van der Waals surface area contributed by atoms with Crippen molar-refractivity contribution < 1.29 is 13.2 Å². The molecule has 120 valence electrons. The number of anilines is 1. The van der Waals surface area contributed by atoms with Crippen molar-refractivity contribution in [3.05, 3.63) is 23.4 Å². The van der Waals surface area contributed by atoms with Crippen molar-refractivity contribution in [2.24, 2.45) is 0 Å². The number of nitrogens with one attached hydrogen (secondary N) is 1. The highest BCUT2D eigenvalue weighted by Crippen LogP contribution is 2.22. The maximum atomic E-state index is 12.7. The largest absolute Gasteiger partial charge is 0.405 e. The highest BCUT2D eigenvalue weighted by Gasteiger charge is 2.31. The van der Waals surface area contributed by atoms with Gasteiger partial charge in [0.15, 0.2) is 0 Å². The van der Waals surface area contributed by atoms with Crippen LogP contribution in [0.5, 0.6) is 0 Å². The molecule has 1 N–H and O–H groups in total. The molecule has 3 nitrogen and oxygen atoms in total. The maximum Gasteiger partial charge on any atom is 0.405 e. The normalized spacial score (nSPS) is 11.7. The Morgan fingerprint density at radius 2 is 1.90 bits per heavy atom. The molecule has 0 atom stereocenters. The van der Waals surface area contributed by atoms with Crippen molar-refractivity contribution in [3.63, 3.8) is 0 Å². The lowest BCUT2D eigenvalue weighted by molar-refractivity contribution is -0.119. The number of alkyl halides is 3. The van der Waals surface area contributed by atoms with Crippen LogP contribution >= 0.6 is 0 Å². The van der Waals surface area contributed by atoms with Gasteiger partial charge in [0.05, 0.1) is 0 Å². The molecule has 0 fully saturated rings. The van der Waals surface area contributed by atoms with Gasteiger partial charge in [-0.25, -0.2) is 4.98 Å². The summed E-state index contributed by atoms with van der Waals surface area (Å²) in [7, 11) is 0. The summed E-state index contributed by atoms with van der Waals surface area (Å²) in [5.41, 5.74) is 1.80. The zero-order valence-electron chi connectivity index (χ0n) is 12.9. The Balaban J connectivity index is 3.04. The minimum absolute atomic E-state index is 0.348.